The highest BCUT2D eigenvalue weighted by Gasteiger charge is 2.27. The molecular formula is C9H7F4NO3. The topological polar surface area (TPSA) is 52.4 Å². The minimum Gasteiger partial charge on any atom is -0.486 e. The zero-order valence-electron chi connectivity index (χ0n) is 8.33. The van der Waals surface area contributed by atoms with E-state index in [4.69, 9.17) is 0 Å². The van der Waals surface area contributed by atoms with Crippen LogP contribution in [0.2, 0.25) is 0 Å². The third-order valence-electron chi connectivity index (χ3n) is 1.76. The van der Waals surface area contributed by atoms with E-state index in [1.54, 1.807) is 0 Å². The lowest BCUT2D eigenvalue weighted by Gasteiger charge is -2.08. The maximum atomic E-state index is 12.7. The zero-order chi connectivity index (χ0) is 13.1. The maximum absolute atomic E-state index is 12.7. The van der Waals surface area contributed by atoms with Gasteiger partial charge in [-0.1, -0.05) is 0 Å². The fraction of sp³-hybridized carbons (Fsp3) is 0.333. The first-order chi connectivity index (χ1) is 7.79. The van der Waals surface area contributed by atoms with Gasteiger partial charge in [-0.25, -0.2) is 4.39 Å². The summed E-state index contributed by atoms with van der Waals surface area (Å²) < 4.78 is 52.7. The minimum absolute atomic E-state index is 0.388. The molecule has 0 radical (unpaired) electrons. The number of nitrogens with zero attached hydrogens (tertiary/aromatic N) is 1. The number of alkyl halides is 3. The summed E-state index contributed by atoms with van der Waals surface area (Å²) >= 11 is 0. The number of nitro benzene ring substituents is 1. The van der Waals surface area contributed by atoms with Crippen LogP contribution in [0.3, 0.4) is 0 Å². The molecule has 1 aromatic rings. The summed E-state index contributed by atoms with van der Waals surface area (Å²) in [4.78, 5) is 9.55. The van der Waals surface area contributed by atoms with Crippen molar-refractivity contribution in [3.63, 3.8) is 0 Å². The van der Waals surface area contributed by atoms with Gasteiger partial charge in [0.1, 0.15) is 5.82 Å². The van der Waals surface area contributed by atoms with Crippen molar-refractivity contribution in [2.45, 2.75) is 12.6 Å². The van der Waals surface area contributed by atoms with Gasteiger partial charge >= 0.3 is 11.9 Å². The highest BCUT2D eigenvalue weighted by molar-refractivity contribution is 5.46. The van der Waals surface area contributed by atoms with Gasteiger partial charge < -0.3 is 4.74 Å². The van der Waals surface area contributed by atoms with Crippen molar-refractivity contribution in [1.82, 2.24) is 0 Å². The Morgan fingerprint density at radius 1 is 1.35 bits per heavy atom. The number of ether oxygens (including phenoxy) is 1. The molecule has 1 rings (SSSR count). The van der Waals surface area contributed by atoms with E-state index >= 15 is 0 Å². The Bertz CT molecular complexity index is 419. The average Bonchev–Trinajstić information content (AvgIpc) is 2.18. The quantitative estimate of drug-likeness (QED) is 0.470. The van der Waals surface area contributed by atoms with E-state index in [9.17, 15) is 27.7 Å². The first kappa shape index (κ1) is 13.2. The first-order valence-corrected chi connectivity index (χ1v) is 4.43. The summed E-state index contributed by atoms with van der Waals surface area (Å²) in [6.07, 6.45) is -5.64. The Hall–Kier alpha value is -1.86. The van der Waals surface area contributed by atoms with Gasteiger partial charge in [-0.3, -0.25) is 10.1 Å². The minimum atomic E-state index is -4.41. The average molecular weight is 253 g/mol. The second kappa shape index (κ2) is 4.98. The van der Waals surface area contributed by atoms with Crippen molar-refractivity contribution in [3.8, 4) is 5.75 Å². The molecule has 0 unspecified atom stereocenters. The normalized spacial score (nSPS) is 11.3. The second-order valence-corrected chi connectivity index (χ2v) is 3.08. The smallest absolute Gasteiger partial charge is 0.392 e. The zero-order valence-corrected chi connectivity index (χ0v) is 8.33. The molecule has 0 aliphatic heterocycles. The summed E-state index contributed by atoms with van der Waals surface area (Å²) in [5.74, 6) is -1.25. The number of nitro groups is 1. The molecule has 94 valence electrons. The van der Waals surface area contributed by atoms with Crippen LogP contribution in [0.25, 0.3) is 0 Å². The summed E-state index contributed by atoms with van der Waals surface area (Å²) in [7, 11) is 0. The van der Waals surface area contributed by atoms with Gasteiger partial charge in [0.2, 0.25) is 0 Å². The van der Waals surface area contributed by atoms with Crippen molar-refractivity contribution in [2.24, 2.45) is 0 Å². The van der Waals surface area contributed by atoms with E-state index in [1.165, 1.54) is 0 Å². The van der Waals surface area contributed by atoms with Crippen LogP contribution in [-0.2, 0) is 0 Å². The lowest BCUT2D eigenvalue weighted by atomic mass is 10.3. The molecule has 0 aromatic heterocycles. The second-order valence-electron chi connectivity index (χ2n) is 3.08. The third kappa shape index (κ3) is 4.25. The number of halogens is 4. The molecular weight excluding hydrogens is 246 g/mol. The molecule has 0 bridgehead atoms. The number of rotatable bonds is 4. The summed E-state index contributed by atoms with van der Waals surface area (Å²) in [5.41, 5.74) is -0.702. The van der Waals surface area contributed by atoms with Crippen LogP contribution in [0.1, 0.15) is 6.42 Å². The molecule has 4 nitrogen and oxygen atoms in total. The van der Waals surface area contributed by atoms with Crippen LogP contribution in [0.4, 0.5) is 23.2 Å². The van der Waals surface area contributed by atoms with E-state index in [-0.39, 0.29) is 5.75 Å². The Morgan fingerprint density at radius 3 is 2.53 bits per heavy atom. The molecule has 0 fully saturated rings. The Labute approximate surface area is 93.0 Å². The molecule has 8 heteroatoms. The fourth-order valence-electron chi connectivity index (χ4n) is 1.03. The van der Waals surface area contributed by atoms with Gasteiger partial charge in [0.25, 0.3) is 0 Å². The molecule has 0 atom stereocenters. The highest BCUT2D eigenvalue weighted by Crippen LogP contribution is 2.28. The van der Waals surface area contributed by atoms with Crippen molar-refractivity contribution in [3.05, 3.63) is 34.1 Å². The number of hydrogen-bond acceptors (Lipinski definition) is 3. The van der Waals surface area contributed by atoms with Crippen molar-refractivity contribution < 1.29 is 27.2 Å². The SMILES string of the molecule is O=[N+]([O-])c1cc(F)ccc1OCCC(F)(F)F. The predicted octanol–water partition coefficient (Wildman–Crippen LogP) is 3.07. The van der Waals surface area contributed by atoms with E-state index < -0.39 is 35.6 Å². The van der Waals surface area contributed by atoms with E-state index in [2.05, 4.69) is 4.74 Å². The standard InChI is InChI=1S/C9H7F4NO3/c10-6-1-2-8(7(5-6)14(15)16)17-4-3-9(11,12)13/h1-2,5H,3-4H2. The van der Waals surface area contributed by atoms with E-state index in [0.29, 0.717) is 6.07 Å². The van der Waals surface area contributed by atoms with Crippen LogP contribution in [0.5, 0.6) is 5.75 Å². The van der Waals surface area contributed by atoms with Crippen LogP contribution in [0.15, 0.2) is 18.2 Å². The van der Waals surface area contributed by atoms with Gasteiger partial charge in [-0.2, -0.15) is 13.2 Å². The van der Waals surface area contributed by atoms with Gasteiger partial charge in [0.15, 0.2) is 5.75 Å². The third-order valence-corrected chi connectivity index (χ3v) is 1.76. The highest BCUT2D eigenvalue weighted by atomic mass is 19.4. The Balaban J connectivity index is 2.74. The predicted molar refractivity (Wildman–Crippen MR) is 49.2 cm³/mol. The lowest BCUT2D eigenvalue weighted by molar-refractivity contribution is -0.386. The number of benzene rings is 1. The van der Waals surface area contributed by atoms with Crippen LogP contribution in [-0.4, -0.2) is 17.7 Å². The molecule has 1 aromatic carbocycles. The van der Waals surface area contributed by atoms with Crippen LogP contribution in [0, 0.1) is 15.9 Å². The molecule has 17 heavy (non-hydrogen) atoms. The number of hydrogen-bond donors (Lipinski definition) is 0. The van der Waals surface area contributed by atoms with Crippen LogP contribution < -0.4 is 4.74 Å². The van der Waals surface area contributed by atoms with Gasteiger partial charge in [-0.05, 0) is 12.1 Å². The van der Waals surface area contributed by atoms with Crippen LogP contribution >= 0.6 is 0 Å². The molecule has 0 saturated carbocycles. The van der Waals surface area contributed by atoms with E-state index in [1.807, 2.05) is 0 Å². The largest absolute Gasteiger partial charge is 0.486 e. The molecule has 0 amide bonds. The molecule has 0 aliphatic carbocycles. The summed E-state index contributed by atoms with van der Waals surface area (Å²) in [6.45, 7) is -0.754. The molecule has 0 N–H and O–H groups in total. The summed E-state index contributed by atoms with van der Waals surface area (Å²) in [5, 5.41) is 10.5. The lowest BCUT2D eigenvalue weighted by Crippen LogP contribution is -2.13. The molecule has 0 heterocycles. The van der Waals surface area contributed by atoms with Gasteiger partial charge in [0.05, 0.1) is 24.0 Å². The summed E-state index contributed by atoms with van der Waals surface area (Å²) in [6, 6.07) is 2.38. The van der Waals surface area contributed by atoms with Crippen molar-refractivity contribution >= 4 is 5.69 Å². The molecule has 0 spiro atoms. The van der Waals surface area contributed by atoms with Gasteiger partial charge in [0, 0.05) is 0 Å². The van der Waals surface area contributed by atoms with Crippen molar-refractivity contribution in [1.29, 1.82) is 0 Å². The fourth-order valence-corrected chi connectivity index (χ4v) is 1.03. The Kier molecular flexibility index (Phi) is 3.87. The van der Waals surface area contributed by atoms with Crippen molar-refractivity contribution in [2.75, 3.05) is 6.61 Å². The first-order valence-electron chi connectivity index (χ1n) is 4.43. The molecule has 0 aliphatic rings. The Morgan fingerprint density at radius 2 is 2.00 bits per heavy atom. The maximum Gasteiger partial charge on any atom is 0.392 e. The monoisotopic (exact) mass is 253 g/mol. The van der Waals surface area contributed by atoms with E-state index in [0.717, 1.165) is 12.1 Å². The molecule has 0 saturated heterocycles. The van der Waals surface area contributed by atoms with Gasteiger partial charge in [-0.15, -0.1) is 0 Å².